The molecular formula is C11H13N5O2S. The first-order valence-corrected chi connectivity index (χ1v) is 6.92. The SMILES string of the molecule is Cc1ccc(N)c(C)c1S(=O)(=O)Nc1nccnn1. The van der Waals surface area contributed by atoms with Crippen LogP contribution in [0.5, 0.6) is 0 Å². The van der Waals surface area contributed by atoms with Crippen LogP contribution in [0.2, 0.25) is 0 Å². The van der Waals surface area contributed by atoms with E-state index in [4.69, 9.17) is 5.73 Å². The maximum atomic E-state index is 12.3. The summed E-state index contributed by atoms with van der Waals surface area (Å²) in [6.07, 6.45) is 2.71. The van der Waals surface area contributed by atoms with E-state index >= 15 is 0 Å². The van der Waals surface area contributed by atoms with Crippen LogP contribution in [0, 0.1) is 13.8 Å². The molecule has 0 aliphatic rings. The molecule has 1 aromatic carbocycles. The van der Waals surface area contributed by atoms with Crippen molar-refractivity contribution in [3.63, 3.8) is 0 Å². The van der Waals surface area contributed by atoms with Gasteiger partial charge >= 0.3 is 0 Å². The number of nitrogens with one attached hydrogen (secondary N) is 1. The molecule has 0 spiro atoms. The number of anilines is 2. The molecule has 1 heterocycles. The minimum atomic E-state index is -3.79. The van der Waals surface area contributed by atoms with Gasteiger partial charge in [0.2, 0.25) is 0 Å². The zero-order valence-corrected chi connectivity index (χ0v) is 11.3. The van der Waals surface area contributed by atoms with Crippen LogP contribution in [0.25, 0.3) is 0 Å². The molecule has 0 saturated carbocycles. The Morgan fingerprint density at radius 3 is 2.58 bits per heavy atom. The van der Waals surface area contributed by atoms with E-state index in [1.165, 1.54) is 12.4 Å². The molecule has 0 aliphatic heterocycles. The van der Waals surface area contributed by atoms with Crippen molar-refractivity contribution in [2.45, 2.75) is 18.7 Å². The molecule has 7 nitrogen and oxygen atoms in total. The highest BCUT2D eigenvalue weighted by Crippen LogP contribution is 2.25. The maximum absolute atomic E-state index is 12.3. The molecule has 19 heavy (non-hydrogen) atoms. The Hall–Kier alpha value is -2.22. The first-order valence-electron chi connectivity index (χ1n) is 5.44. The highest BCUT2D eigenvalue weighted by atomic mass is 32.2. The summed E-state index contributed by atoms with van der Waals surface area (Å²) in [6.45, 7) is 3.35. The van der Waals surface area contributed by atoms with Gasteiger partial charge in [-0.05, 0) is 31.0 Å². The van der Waals surface area contributed by atoms with Gasteiger partial charge in [0.25, 0.3) is 16.0 Å². The zero-order chi connectivity index (χ0) is 14.0. The minimum Gasteiger partial charge on any atom is -0.398 e. The molecule has 2 aromatic rings. The fourth-order valence-electron chi connectivity index (χ4n) is 1.72. The lowest BCUT2D eigenvalue weighted by molar-refractivity contribution is 0.599. The van der Waals surface area contributed by atoms with Crippen molar-refractivity contribution in [2.75, 3.05) is 10.5 Å². The summed E-state index contributed by atoms with van der Waals surface area (Å²) in [4.78, 5) is 3.91. The number of hydrogen-bond acceptors (Lipinski definition) is 6. The summed E-state index contributed by atoms with van der Waals surface area (Å²) >= 11 is 0. The Balaban J connectivity index is 2.49. The summed E-state index contributed by atoms with van der Waals surface area (Å²) in [6, 6.07) is 3.32. The van der Waals surface area contributed by atoms with Gasteiger partial charge in [-0.25, -0.2) is 18.1 Å². The van der Waals surface area contributed by atoms with Gasteiger partial charge in [-0.1, -0.05) is 6.07 Å². The molecule has 0 unspecified atom stereocenters. The van der Waals surface area contributed by atoms with Gasteiger partial charge in [-0.3, -0.25) is 0 Å². The molecule has 0 fully saturated rings. The van der Waals surface area contributed by atoms with Gasteiger partial charge in [0.1, 0.15) is 0 Å². The molecule has 2 rings (SSSR count). The number of benzene rings is 1. The molecule has 8 heteroatoms. The topological polar surface area (TPSA) is 111 Å². The van der Waals surface area contributed by atoms with Crippen molar-refractivity contribution in [3.05, 3.63) is 35.7 Å². The Labute approximate surface area is 110 Å². The Morgan fingerprint density at radius 1 is 1.21 bits per heavy atom. The van der Waals surface area contributed by atoms with E-state index in [2.05, 4.69) is 19.9 Å². The number of aryl methyl sites for hydroxylation is 1. The molecule has 0 bridgehead atoms. The highest BCUT2D eigenvalue weighted by Gasteiger charge is 2.21. The molecule has 3 N–H and O–H groups in total. The van der Waals surface area contributed by atoms with Crippen molar-refractivity contribution in [3.8, 4) is 0 Å². The third-order valence-electron chi connectivity index (χ3n) is 2.62. The van der Waals surface area contributed by atoms with Crippen molar-refractivity contribution >= 4 is 21.7 Å². The summed E-state index contributed by atoms with van der Waals surface area (Å²) < 4.78 is 26.9. The van der Waals surface area contributed by atoms with Crippen LogP contribution in [0.15, 0.2) is 29.4 Å². The summed E-state index contributed by atoms with van der Waals surface area (Å²) in [5, 5.41) is 7.15. The lowest BCUT2D eigenvalue weighted by Gasteiger charge is -2.13. The molecular weight excluding hydrogens is 266 g/mol. The molecule has 100 valence electrons. The second-order valence-electron chi connectivity index (χ2n) is 4.00. The predicted molar refractivity (Wildman–Crippen MR) is 71.0 cm³/mol. The molecule has 1 aromatic heterocycles. The smallest absolute Gasteiger partial charge is 0.264 e. The van der Waals surface area contributed by atoms with E-state index in [1.807, 2.05) is 0 Å². The van der Waals surface area contributed by atoms with Gasteiger partial charge < -0.3 is 5.73 Å². The molecule has 0 aliphatic carbocycles. The highest BCUT2D eigenvalue weighted by molar-refractivity contribution is 7.92. The van der Waals surface area contributed by atoms with Gasteiger partial charge in [-0.15, -0.1) is 5.10 Å². The van der Waals surface area contributed by atoms with Gasteiger partial charge in [0.05, 0.1) is 17.3 Å². The zero-order valence-electron chi connectivity index (χ0n) is 10.5. The third-order valence-corrected chi connectivity index (χ3v) is 4.24. The van der Waals surface area contributed by atoms with Crippen LogP contribution in [0.4, 0.5) is 11.6 Å². The number of nitrogens with zero attached hydrogens (tertiary/aromatic N) is 3. The number of hydrogen-bond donors (Lipinski definition) is 2. The molecule has 0 amide bonds. The second kappa shape index (κ2) is 4.81. The summed E-state index contributed by atoms with van der Waals surface area (Å²) in [5.74, 6) is -0.0799. The van der Waals surface area contributed by atoms with Crippen LogP contribution in [-0.2, 0) is 10.0 Å². The monoisotopic (exact) mass is 279 g/mol. The predicted octanol–water partition coefficient (Wildman–Crippen LogP) is 0.871. The van der Waals surface area contributed by atoms with Gasteiger partial charge in [-0.2, -0.15) is 5.10 Å². The third kappa shape index (κ3) is 2.63. The number of nitrogen functional groups attached to an aromatic ring is 1. The minimum absolute atomic E-state index is 0.0799. The summed E-state index contributed by atoms with van der Waals surface area (Å²) in [7, 11) is -3.79. The Morgan fingerprint density at radius 2 is 1.95 bits per heavy atom. The van der Waals surface area contributed by atoms with Crippen molar-refractivity contribution in [2.24, 2.45) is 0 Å². The van der Waals surface area contributed by atoms with Crippen molar-refractivity contribution < 1.29 is 8.42 Å². The van der Waals surface area contributed by atoms with Crippen LogP contribution in [0.1, 0.15) is 11.1 Å². The lowest BCUT2D eigenvalue weighted by Crippen LogP contribution is -2.18. The fraction of sp³-hybridized carbons (Fsp3) is 0.182. The quantitative estimate of drug-likeness (QED) is 0.806. The number of sulfonamides is 1. The Bertz CT molecular complexity index is 701. The second-order valence-corrected chi connectivity index (χ2v) is 5.62. The van der Waals surface area contributed by atoms with E-state index in [-0.39, 0.29) is 10.8 Å². The molecule has 0 atom stereocenters. The largest absolute Gasteiger partial charge is 0.398 e. The summed E-state index contributed by atoms with van der Waals surface area (Å²) in [5.41, 5.74) is 7.26. The maximum Gasteiger partial charge on any atom is 0.264 e. The number of aromatic nitrogens is 3. The normalized spacial score (nSPS) is 11.3. The van der Waals surface area contributed by atoms with Gasteiger partial charge in [0, 0.05) is 5.69 Å². The van der Waals surface area contributed by atoms with E-state index < -0.39 is 10.0 Å². The van der Waals surface area contributed by atoms with E-state index in [1.54, 1.807) is 26.0 Å². The van der Waals surface area contributed by atoms with Crippen molar-refractivity contribution in [1.82, 2.24) is 15.2 Å². The van der Waals surface area contributed by atoms with Crippen LogP contribution in [-0.4, -0.2) is 23.6 Å². The first kappa shape index (κ1) is 13.2. The lowest BCUT2D eigenvalue weighted by atomic mass is 10.1. The van der Waals surface area contributed by atoms with Crippen LogP contribution >= 0.6 is 0 Å². The molecule has 0 saturated heterocycles. The average molecular weight is 279 g/mol. The number of rotatable bonds is 3. The standard InChI is InChI=1S/C11H13N5O2S/c1-7-3-4-9(12)8(2)10(7)19(17,18)16-11-13-5-6-14-15-11/h3-6H,12H2,1-2H3,(H,13,15,16). The fourth-order valence-corrected chi connectivity index (χ4v) is 3.17. The molecule has 0 radical (unpaired) electrons. The Kier molecular flexibility index (Phi) is 3.34. The number of nitrogens with two attached hydrogens (primary N) is 1. The van der Waals surface area contributed by atoms with Crippen molar-refractivity contribution in [1.29, 1.82) is 0 Å². The van der Waals surface area contributed by atoms with E-state index in [0.717, 1.165) is 0 Å². The van der Waals surface area contributed by atoms with E-state index in [0.29, 0.717) is 16.8 Å². The first-order chi connectivity index (χ1) is 8.92. The van der Waals surface area contributed by atoms with Crippen LogP contribution < -0.4 is 10.5 Å². The van der Waals surface area contributed by atoms with Crippen LogP contribution in [0.3, 0.4) is 0 Å². The average Bonchev–Trinajstić information content (AvgIpc) is 2.35. The van der Waals surface area contributed by atoms with E-state index in [9.17, 15) is 8.42 Å². The van der Waals surface area contributed by atoms with Gasteiger partial charge in [0.15, 0.2) is 0 Å².